The van der Waals surface area contributed by atoms with E-state index in [4.69, 9.17) is 9.47 Å². The lowest BCUT2D eigenvalue weighted by Crippen LogP contribution is -2.50. The van der Waals surface area contributed by atoms with Crippen molar-refractivity contribution < 1.29 is 19.4 Å². The summed E-state index contributed by atoms with van der Waals surface area (Å²) < 4.78 is 11.1. The highest BCUT2D eigenvalue weighted by Gasteiger charge is 2.45. The Morgan fingerprint density at radius 2 is 2.20 bits per heavy atom. The predicted molar refractivity (Wildman–Crippen MR) is 77.3 cm³/mol. The van der Waals surface area contributed by atoms with E-state index >= 15 is 0 Å². The molecule has 1 aliphatic rings. The third-order valence-corrected chi connectivity index (χ3v) is 3.15. The molecule has 20 heavy (non-hydrogen) atoms. The normalized spacial score (nSPS) is 23.5. The van der Waals surface area contributed by atoms with Crippen LogP contribution in [0.4, 0.5) is 4.79 Å². The van der Waals surface area contributed by atoms with E-state index in [0.717, 1.165) is 0 Å². The number of hydrogen-bond acceptors (Lipinski definition) is 4. The van der Waals surface area contributed by atoms with Gasteiger partial charge in [-0.15, -0.1) is 6.58 Å². The molecular formula is C15H27NO4. The molecule has 0 saturated carbocycles. The van der Waals surface area contributed by atoms with E-state index in [9.17, 15) is 9.90 Å². The van der Waals surface area contributed by atoms with Gasteiger partial charge >= 0.3 is 6.09 Å². The van der Waals surface area contributed by atoms with Crippen molar-refractivity contribution >= 4 is 6.09 Å². The van der Waals surface area contributed by atoms with E-state index in [2.05, 4.69) is 6.58 Å². The van der Waals surface area contributed by atoms with E-state index in [0.29, 0.717) is 19.4 Å². The zero-order valence-electron chi connectivity index (χ0n) is 13.2. The van der Waals surface area contributed by atoms with Gasteiger partial charge in [0.25, 0.3) is 0 Å². The van der Waals surface area contributed by atoms with Crippen molar-refractivity contribution in [1.29, 1.82) is 0 Å². The molecule has 116 valence electrons. The summed E-state index contributed by atoms with van der Waals surface area (Å²) in [5.41, 5.74) is -1.28. The number of aliphatic hydroxyl groups is 1. The number of nitrogens with zero attached hydrogens (tertiary/aromatic N) is 1. The number of amides is 1. The molecule has 1 heterocycles. The minimum absolute atomic E-state index is 0.185. The molecule has 1 fully saturated rings. The standard InChI is InChI=1S/C15H27NO4/c1-7-8-12(17)9-11-10-19-15(5,6)16(11)13(18)20-14(2,3)4/h7,11-12,17H,1,8-10H2,2-6H3. The Kier molecular flexibility index (Phi) is 5.21. The minimum Gasteiger partial charge on any atom is -0.444 e. The van der Waals surface area contributed by atoms with Gasteiger partial charge in [-0.1, -0.05) is 6.08 Å². The van der Waals surface area contributed by atoms with Crippen LogP contribution in [-0.2, 0) is 9.47 Å². The fraction of sp³-hybridized carbons (Fsp3) is 0.800. The number of rotatable bonds is 4. The summed E-state index contributed by atoms with van der Waals surface area (Å²) in [5, 5.41) is 9.91. The largest absolute Gasteiger partial charge is 0.444 e. The van der Waals surface area contributed by atoms with Crippen LogP contribution in [0.15, 0.2) is 12.7 Å². The van der Waals surface area contributed by atoms with Gasteiger partial charge in [-0.05, 0) is 47.5 Å². The lowest BCUT2D eigenvalue weighted by Gasteiger charge is -2.35. The molecule has 1 N–H and O–H groups in total. The Morgan fingerprint density at radius 3 is 2.70 bits per heavy atom. The third-order valence-electron chi connectivity index (χ3n) is 3.15. The van der Waals surface area contributed by atoms with Crippen LogP contribution in [0.2, 0.25) is 0 Å². The molecule has 1 saturated heterocycles. The molecule has 5 nitrogen and oxygen atoms in total. The zero-order valence-corrected chi connectivity index (χ0v) is 13.2. The second-order valence-corrected chi connectivity index (χ2v) is 6.68. The first-order chi connectivity index (χ1) is 9.07. The monoisotopic (exact) mass is 285 g/mol. The van der Waals surface area contributed by atoms with Crippen LogP contribution in [0.3, 0.4) is 0 Å². The molecule has 1 amide bonds. The van der Waals surface area contributed by atoms with Gasteiger partial charge in [-0.3, -0.25) is 4.90 Å². The maximum absolute atomic E-state index is 12.3. The second kappa shape index (κ2) is 6.14. The van der Waals surface area contributed by atoms with Crippen LogP contribution in [0.1, 0.15) is 47.5 Å². The van der Waals surface area contributed by atoms with Crippen LogP contribution in [0, 0.1) is 0 Å². The van der Waals surface area contributed by atoms with Gasteiger partial charge in [0.15, 0.2) is 0 Å². The van der Waals surface area contributed by atoms with Crippen molar-refractivity contribution in [2.45, 2.75) is 70.9 Å². The number of ether oxygens (including phenoxy) is 2. The smallest absolute Gasteiger partial charge is 0.412 e. The fourth-order valence-corrected chi connectivity index (χ4v) is 2.34. The van der Waals surface area contributed by atoms with Crippen molar-refractivity contribution in [3.8, 4) is 0 Å². The molecule has 2 unspecified atom stereocenters. The Morgan fingerprint density at radius 1 is 1.60 bits per heavy atom. The summed E-state index contributed by atoms with van der Waals surface area (Å²) in [5.74, 6) is 0. The predicted octanol–water partition coefficient (Wildman–Crippen LogP) is 2.69. The van der Waals surface area contributed by atoms with Crippen molar-refractivity contribution in [1.82, 2.24) is 4.90 Å². The molecule has 5 heteroatoms. The van der Waals surface area contributed by atoms with E-state index in [-0.39, 0.29) is 6.04 Å². The van der Waals surface area contributed by atoms with Gasteiger partial charge in [0.1, 0.15) is 11.3 Å². The highest BCUT2D eigenvalue weighted by Crippen LogP contribution is 2.31. The van der Waals surface area contributed by atoms with Gasteiger partial charge < -0.3 is 14.6 Å². The van der Waals surface area contributed by atoms with Gasteiger partial charge in [-0.2, -0.15) is 0 Å². The van der Waals surface area contributed by atoms with E-state index in [1.807, 2.05) is 34.6 Å². The highest BCUT2D eigenvalue weighted by molar-refractivity contribution is 5.69. The summed E-state index contributed by atoms with van der Waals surface area (Å²) in [7, 11) is 0. The minimum atomic E-state index is -0.721. The molecular weight excluding hydrogens is 258 g/mol. The van der Waals surface area contributed by atoms with Gasteiger partial charge in [0.05, 0.1) is 18.8 Å². The quantitative estimate of drug-likeness (QED) is 0.807. The summed E-state index contributed by atoms with van der Waals surface area (Å²) >= 11 is 0. The zero-order chi connectivity index (χ0) is 15.6. The summed E-state index contributed by atoms with van der Waals surface area (Å²) in [4.78, 5) is 13.9. The molecule has 0 aromatic carbocycles. The second-order valence-electron chi connectivity index (χ2n) is 6.68. The highest BCUT2D eigenvalue weighted by atomic mass is 16.6. The Labute approximate surface area is 121 Å². The van der Waals surface area contributed by atoms with Gasteiger partial charge in [-0.25, -0.2) is 4.79 Å². The van der Waals surface area contributed by atoms with Crippen LogP contribution < -0.4 is 0 Å². The topological polar surface area (TPSA) is 59.0 Å². The average molecular weight is 285 g/mol. The molecule has 0 aromatic heterocycles. The molecule has 1 rings (SSSR count). The SMILES string of the molecule is C=CCC(O)CC1COC(C)(C)N1C(=O)OC(C)(C)C. The fourth-order valence-electron chi connectivity index (χ4n) is 2.34. The Hall–Kier alpha value is -1.07. The number of aliphatic hydroxyl groups excluding tert-OH is 1. The summed E-state index contributed by atoms with van der Waals surface area (Å²) in [6.07, 6.45) is 1.69. The molecule has 0 radical (unpaired) electrons. The number of hydrogen-bond donors (Lipinski definition) is 1. The first-order valence-electron chi connectivity index (χ1n) is 7.02. The molecule has 0 aliphatic carbocycles. The van der Waals surface area contributed by atoms with Gasteiger partial charge in [0, 0.05) is 0 Å². The Bertz CT molecular complexity index is 359. The third kappa shape index (κ3) is 4.49. The van der Waals surface area contributed by atoms with Crippen molar-refractivity contribution in [3.63, 3.8) is 0 Å². The maximum Gasteiger partial charge on any atom is 0.412 e. The first-order valence-corrected chi connectivity index (χ1v) is 7.02. The number of carbonyl (C=O) groups is 1. The van der Waals surface area contributed by atoms with Crippen molar-refractivity contribution in [2.75, 3.05) is 6.61 Å². The Balaban J connectivity index is 2.80. The molecule has 2 atom stereocenters. The lowest BCUT2D eigenvalue weighted by atomic mass is 10.1. The van der Waals surface area contributed by atoms with Crippen LogP contribution >= 0.6 is 0 Å². The molecule has 0 bridgehead atoms. The van der Waals surface area contributed by atoms with Crippen molar-refractivity contribution in [3.05, 3.63) is 12.7 Å². The first kappa shape index (κ1) is 17.0. The van der Waals surface area contributed by atoms with Crippen molar-refractivity contribution in [2.24, 2.45) is 0 Å². The molecule has 0 spiro atoms. The van der Waals surface area contributed by atoms with Crippen LogP contribution in [0.5, 0.6) is 0 Å². The number of carbonyl (C=O) groups excluding carboxylic acids is 1. The van der Waals surface area contributed by atoms with Gasteiger partial charge in [0.2, 0.25) is 0 Å². The summed E-state index contributed by atoms with van der Waals surface area (Å²) in [6.45, 7) is 13.2. The van der Waals surface area contributed by atoms with Crippen LogP contribution in [-0.4, -0.2) is 46.2 Å². The lowest BCUT2D eigenvalue weighted by molar-refractivity contribution is -0.0636. The van der Waals surface area contributed by atoms with E-state index in [1.165, 1.54) is 0 Å². The van der Waals surface area contributed by atoms with E-state index < -0.39 is 23.5 Å². The van der Waals surface area contributed by atoms with Crippen LogP contribution in [0.25, 0.3) is 0 Å². The molecule has 0 aromatic rings. The van der Waals surface area contributed by atoms with E-state index in [1.54, 1.807) is 11.0 Å². The maximum atomic E-state index is 12.3. The average Bonchev–Trinajstić information content (AvgIpc) is 2.51. The molecule has 1 aliphatic heterocycles. The summed E-state index contributed by atoms with van der Waals surface area (Å²) in [6, 6.07) is -0.185.